The molecule has 2 aromatic carbocycles. The lowest BCUT2D eigenvalue weighted by Crippen LogP contribution is -2.34. The first kappa shape index (κ1) is 21.8. The summed E-state index contributed by atoms with van der Waals surface area (Å²) in [5.41, 5.74) is 2.18. The Morgan fingerprint density at radius 2 is 1.64 bits per heavy atom. The predicted octanol–water partition coefficient (Wildman–Crippen LogP) is 2.82. The van der Waals surface area contributed by atoms with Gasteiger partial charge in [-0.2, -0.15) is 0 Å². The molecule has 2 N–H and O–H groups in total. The highest BCUT2D eigenvalue weighted by Gasteiger charge is 2.15. The van der Waals surface area contributed by atoms with E-state index in [0.717, 1.165) is 16.8 Å². The van der Waals surface area contributed by atoms with Crippen molar-refractivity contribution < 1.29 is 9.59 Å². The molecule has 0 saturated heterocycles. The molecule has 166 valence electrons. The zero-order chi connectivity index (χ0) is 23.2. The molecule has 0 aliphatic heterocycles. The highest BCUT2D eigenvalue weighted by molar-refractivity contribution is 5.94. The quantitative estimate of drug-likeness (QED) is 0.461. The summed E-state index contributed by atoms with van der Waals surface area (Å²) in [5, 5.41) is 5.46. The molecule has 0 aliphatic rings. The molecule has 4 aromatic rings. The van der Waals surface area contributed by atoms with Crippen LogP contribution in [0.25, 0.3) is 11.3 Å². The Kier molecular flexibility index (Phi) is 6.45. The van der Waals surface area contributed by atoms with Crippen molar-refractivity contribution in [2.75, 3.05) is 5.32 Å². The van der Waals surface area contributed by atoms with Crippen molar-refractivity contribution in [3.05, 3.63) is 107 Å². The van der Waals surface area contributed by atoms with Gasteiger partial charge in [-0.15, -0.1) is 0 Å². The fourth-order valence-corrected chi connectivity index (χ4v) is 3.43. The molecule has 0 spiro atoms. The SMILES string of the molecule is Cn1c(-c2ccccc2)cnc1NC(=O)Cn1cccc(C(=O)NCc2ccccc2)c1=O. The molecule has 0 aliphatic carbocycles. The molecule has 8 heteroatoms. The van der Waals surface area contributed by atoms with Crippen LogP contribution in [0, 0.1) is 0 Å². The first-order chi connectivity index (χ1) is 16.0. The summed E-state index contributed by atoms with van der Waals surface area (Å²) in [6.45, 7) is 0.0591. The van der Waals surface area contributed by atoms with Crippen molar-refractivity contribution in [2.45, 2.75) is 13.1 Å². The van der Waals surface area contributed by atoms with Crippen LogP contribution in [-0.2, 0) is 24.9 Å². The van der Waals surface area contributed by atoms with Crippen molar-refractivity contribution >= 4 is 17.8 Å². The summed E-state index contributed by atoms with van der Waals surface area (Å²) < 4.78 is 2.97. The predicted molar refractivity (Wildman–Crippen MR) is 126 cm³/mol. The zero-order valence-corrected chi connectivity index (χ0v) is 18.1. The third-order valence-corrected chi connectivity index (χ3v) is 5.18. The van der Waals surface area contributed by atoms with Crippen LogP contribution < -0.4 is 16.2 Å². The highest BCUT2D eigenvalue weighted by Crippen LogP contribution is 2.21. The van der Waals surface area contributed by atoms with Gasteiger partial charge in [-0.1, -0.05) is 60.7 Å². The first-order valence-corrected chi connectivity index (χ1v) is 10.4. The number of hydrogen-bond donors (Lipinski definition) is 2. The lowest BCUT2D eigenvalue weighted by atomic mass is 10.2. The summed E-state index contributed by atoms with van der Waals surface area (Å²) in [4.78, 5) is 42.2. The van der Waals surface area contributed by atoms with Crippen LogP contribution in [0.2, 0.25) is 0 Å². The van der Waals surface area contributed by atoms with Crippen LogP contribution in [0.4, 0.5) is 5.95 Å². The molecule has 2 amide bonds. The lowest BCUT2D eigenvalue weighted by molar-refractivity contribution is -0.116. The average molecular weight is 441 g/mol. The number of imidazole rings is 1. The number of carbonyl (C=O) groups is 2. The number of pyridine rings is 1. The van der Waals surface area contributed by atoms with Crippen molar-refractivity contribution in [3.63, 3.8) is 0 Å². The van der Waals surface area contributed by atoms with E-state index in [1.807, 2.05) is 60.7 Å². The summed E-state index contributed by atoms with van der Waals surface area (Å²) in [6.07, 6.45) is 3.15. The molecular formula is C25H23N5O3. The van der Waals surface area contributed by atoms with Gasteiger partial charge >= 0.3 is 0 Å². The van der Waals surface area contributed by atoms with E-state index in [2.05, 4.69) is 15.6 Å². The molecule has 2 heterocycles. The molecule has 2 aromatic heterocycles. The van der Waals surface area contributed by atoms with E-state index in [1.165, 1.54) is 16.8 Å². The van der Waals surface area contributed by atoms with E-state index < -0.39 is 17.4 Å². The maximum Gasteiger partial charge on any atom is 0.263 e. The summed E-state index contributed by atoms with van der Waals surface area (Å²) in [6, 6.07) is 22.1. The molecule has 0 unspecified atom stereocenters. The normalized spacial score (nSPS) is 10.6. The fourth-order valence-electron chi connectivity index (χ4n) is 3.43. The largest absolute Gasteiger partial charge is 0.348 e. The average Bonchev–Trinajstić information content (AvgIpc) is 3.20. The van der Waals surface area contributed by atoms with Gasteiger partial charge in [-0.3, -0.25) is 19.7 Å². The van der Waals surface area contributed by atoms with E-state index in [9.17, 15) is 14.4 Å². The minimum Gasteiger partial charge on any atom is -0.348 e. The standard InChI is InChI=1S/C25H23N5O3/c1-29-21(19-11-6-3-7-12-19)16-27-25(29)28-22(31)17-30-14-8-13-20(24(30)33)23(32)26-15-18-9-4-2-5-10-18/h2-14,16H,15,17H2,1H3,(H,26,32)(H,27,28,31). The molecule has 0 fully saturated rings. The second-order valence-corrected chi connectivity index (χ2v) is 7.46. The number of anilines is 1. The smallest absolute Gasteiger partial charge is 0.263 e. The van der Waals surface area contributed by atoms with Crippen molar-refractivity contribution in [2.24, 2.45) is 7.05 Å². The van der Waals surface area contributed by atoms with E-state index in [0.29, 0.717) is 12.5 Å². The van der Waals surface area contributed by atoms with E-state index in [4.69, 9.17) is 0 Å². The van der Waals surface area contributed by atoms with Gasteiger partial charge in [0.15, 0.2) is 0 Å². The second-order valence-electron chi connectivity index (χ2n) is 7.46. The Hall–Kier alpha value is -4.46. The van der Waals surface area contributed by atoms with Crippen LogP contribution in [0.3, 0.4) is 0 Å². The van der Waals surface area contributed by atoms with Gasteiger partial charge in [0, 0.05) is 19.8 Å². The number of benzene rings is 2. The van der Waals surface area contributed by atoms with Gasteiger partial charge in [0.05, 0.1) is 11.9 Å². The topological polar surface area (TPSA) is 98.0 Å². The number of amides is 2. The summed E-state index contributed by atoms with van der Waals surface area (Å²) in [5.74, 6) is -0.550. The number of nitrogens with one attached hydrogen (secondary N) is 2. The second kappa shape index (κ2) is 9.78. The number of hydrogen-bond acceptors (Lipinski definition) is 4. The van der Waals surface area contributed by atoms with Gasteiger partial charge in [0.2, 0.25) is 11.9 Å². The Bertz CT molecular complexity index is 1330. The molecule has 0 atom stereocenters. The van der Waals surface area contributed by atoms with Gasteiger partial charge < -0.3 is 14.5 Å². The van der Waals surface area contributed by atoms with Gasteiger partial charge in [-0.25, -0.2) is 4.98 Å². The number of nitrogens with zero attached hydrogens (tertiary/aromatic N) is 3. The van der Waals surface area contributed by atoms with Gasteiger partial charge in [-0.05, 0) is 23.3 Å². The molecule has 8 nitrogen and oxygen atoms in total. The van der Waals surface area contributed by atoms with Crippen molar-refractivity contribution in [1.82, 2.24) is 19.4 Å². The Morgan fingerprint density at radius 1 is 0.939 bits per heavy atom. The third kappa shape index (κ3) is 5.07. The van der Waals surface area contributed by atoms with Crippen LogP contribution in [0.15, 0.2) is 90.0 Å². The maximum absolute atomic E-state index is 12.8. The monoisotopic (exact) mass is 441 g/mol. The molecule has 4 rings (SSSR count). The summed E-state index contributed by atoms with van der Waals surface area (Å²) >= 11 is 0. The Morgan fingerprint density at radius 3 is 2.36 bits per heavy atom. The van der Waals surface area contributed by atoms with E-state index in [-0.39, 0.29) is 12.1 Å². The third-order valence-electron chi connectivity index (χ3n) is 5.18. The minimum atomic E-state index is -0.539. The molecular weight excluding hydrogens is 418 g/mol. The molecule has 0 radical (unpaired) electrons. The first-order valence-electron chi connectivity index (χ1n) is 10.4. The molecule has 0 bridgehead atoms. The van der Waals surface area contributed by atoms with Gasteiger partial charge in [0.1, 0.15) is 12.1 Å². The van der Waals surface area contributed by atoms with Crippen LogP contribution in [-0.4, -0.2) is 25.9 Å². The van der Waals surface area contributed by atoms with Crippen molar-refractivity contribution in [3.8, 4) is 11.3 Å². The zero-order valence-electron chi connectivity index (χ0n) is 18.1. The number of aromatic nitrogens is 3. The lowest BCUT2D eigenvalue weighted by Gasteiger charge is -2.10. The van der Waals surface area contributed by atoms with Crippen molar-refractivity contribution in [1.29, 1.82) is 0 Å². The Balaban J connectivity index is 1.43. The maximum atomic E-state index is 12.8. The van der Waals surface area contributed by atoms with Gasteiger partial charge in [0.25, 0.3) is 11.5 Å². The molecule has 0 saturated carbocycles. The summed E-state index contributed by atoms with van der Waals surface area (Å²) in [7, 11) is 1.80. The van der Waals surface area contributed by atoms with Crippen LogP contribution in [0.1, 0.15) is 15.9 Å². The Labute approximate surface area is 190 Å². The van der Waals surface area contributed by atoms with Crippen LogP contribution in [0.5, 0.6) is 0 Å². The number of carbonyl (C=O) groups excluding carboxylic acids is 2. The van der Waals surface area contributed by atoms with Crippen LogP contribution >= 0.6 is 0 Å². The highest BCUT2D eigenvalue weighted by atomic mass is 16.2. The van der Waals surface area contributed by atoms with E-state index >= 15 is 0 Å². The minimum absolute atomic E-state index is 0.0235. The van der Waals surface area contributed by atoms with E-state index in [1.54, 1.807) is 23.9 Å². The fraction of sp³-hybridized carbons (Fsp3) is 0.120. The number of rotatable bonds is 7. The molecule has 33 heavy (non-hydrogen) atoms.